The summed E-state index contributed by atoms with van der Waals surface area (Å²) >= 11 is 0. The summed E-state index contributed by atoms with van der Waals surface area (Å²) in [5, 5.41) is 2.94. The summed E-state index contributed by atoms with van der Waals surface area (Å²) in [6.45, 7) is 2.22. The van der Waals surface area contributed by atoms with E-state index in [2.05, 4.69) is 27.8 Å². The van der Waals surface area contributed by atoms with E-state index in [0.717, 1.165) is 19.3 Å². The number of hydrogen-bond acceptors (Lipinski definition) is 5. The Morgan fingerprint density at radius 2 is 1.59 bits per heavy atom. The first-order chi connectivity index (χ1) is 17.9. The maximum atomic E-state index is 13.0. The highest BCUT2D eigenvalue weighted by Crippen LogP contribution is 2.45. The number of anilines is 3. The largest absolute Gasteiger partial charge is 0.326 e. The smallest absolute Gasteiger partial charge is 0.261 e. The highest BCUT2D eigenvalue weighted by Gasteiger charge is 2.35. The number of amides is 2. The summed E-state index contributed by atoms with van der Waals surface area (Å²) < 4.78 is 28.4. The predicted molar refractivity (Wildman–Crippen MR) is 149 cm³/mol. The molecule has 1 saturated carbocycles. The molecule has 9 heteroatoms. The van der Waals surface area contributed by atoms with Gasteiger partial charge in [0.25, 0.3) is 10.0 Å². The molecule has 1 aliphatic rings. The van der Waals surface area contributed by atoms with Crippen molar-refractivity contribution in [2.45, 2.75) is 88.9 Å². The molecular formula is C28H40N4O4S. The third-order valence-electron chi connectivity index (χ3n) is 7.10. The predicted octanol–water partition coefficient (Wildman–Crippen LogP) is 6.20. The summed E-state index contributed by atoms with van der Waals surface area (Å²) in [5.74, 6) is -0.0533. The molecule has 0 aliphatic heterocycles. The number of hydrazine groups is 1. The molecule has 0 atom stereocenters. The average Bonchev–Trinajstić information content (AvgIpc) is 3.34. The molecule has 1 aliphatic carbocycles. The Labute approximate surface area is 221 Å². The molecule has 1 fully saturated rings. The first-order valence-corrected chi connectivity index (χ1v) is 14.8. The Morgan fingerprint density at radius 3 is 2.30 bits per heavy atom. The SMILES string of the molecule is CCCCCCCCC1(CC(=O)Nc2cccc(S(=O)(=O)Nc3ccc(NNC=O)cc3)c2)CCCC1. The van der Waals surface area contributed by atoms with Gasteiger partial charge in [-0.3, -0.25) is 25.2 Å². The number of sulfonamides is 1. The summed E-state index contributed by atoms with van der Waals surface area (Å²) in [7, 11) is -3.85. The standard InChI is InChI=1S/C28H40N4O4S/c1-2-3-4-5-6-7-17-28(18-8-9-19-28)21-27(34)30-25-11-10-12-26(20-25)37(35,36)32-24-15-13-23(14-16-24)31-29-22-33/h10-16,20,22,31-32H,2-9,17-19,21H2,1H3,(H,29,33)(H,30,34). The maximum absolute atomic E-state index is 13.0. The lowest BCUT2D eigenvalue weighted by Gasteiger charge is -2.28. The number of benzene rings is 2. The summed E-state index contributed by atoms with van der Waals surface area (Å²) in [5.41, 5.74) is 6.51. The molecule has 4 N–H and O–H groups in total. The zero-order valence-electron chi connectivity index (χ0n) is 21.7. The van der Waals surface area contributed by atoms with Crippen LogP contribution in [0.2, 0.25) is 0 Å². The molecule has 2 aromatic rings. The molecule has 0 saturated heterocycles. The third-order valence-corrected chi connectivity index (χ3v) is 8.48. The van der Waals surface area contributed by atoms with Crippen molar-refractivity contribution in [2.75, 3.05) is 15.5 Å². The molecule has 0 unspecified atom stereocenters. The lowest BCUT2D eigenvalue weighted by Crippen LogP contribution is -2.25. The van der Waals surface area contributed by atoms with E-state index in [1.165, 1.54) is 63.5 Å². The molecular weight excluding hydrogens is 488 g/mol. The van der Waals surface area contributed by atoms with Crippen LogP contribution in [0.15, 0.2) is 53.4 Å². The number of nitrogens with one attached hydrogen (secondary N) is 4. The summed E-state index contributed by atoms with van der Waals surface area (Å²) in [4.78, 5) is 23.4. The van der Waals surface area contributed by atoms with E-state index in [1.807, 2.05) is 0 Å². The van der Waals surface area contributed by atoms with Crippen molar-refractivity contribution in [3.8, 4) is 0 Å². The Bertz CT molecular complexity index is 1110. The van der Waals surface area contributed by atoms with E-state index in [0.29, 0.717) is 29.9 Å². The van der Waals surface area contributed by atoms with Crippen LogP contribution < -0.4 is 20.9 Å². The molecule has 8 nitrogen and oxygen atoms in total. The summed E-state index contributed by atoms with van der Waals surface area (Å²) in [6.07, 6.45) is 14.1. The van der Waals surface area contributed by atoms with E-state index < -0.39 is 10.0 Å². The van der Waals surface area contributed by atoms with E-state index in [4.69, 9.17) is 0 Å². The van der Waals surface area contributed by atoms with Crippen molar-refractivity contribution in [3.05, 3.63) is 48.5 Å². The molecule has 2 aromatic carbocycles. The fourth-order valence-electron chi connectivity index (χ4n) is 5.16. The Kier molecular flexibility index (Phi) is 10.8. The first-order valence-electron chi connectivity index (χ1n) is 13.3. The number of carbonyl (C=O) groups excluding carboxylic acids is 2. The number of rotatable bonds is 16. The van der Waals surface area contributed by atoms with E-state index in [1.54, 1.807) is 36.4 Å². The van der Waals surface area contributed by atoms with Crippen LogP contribution in [0.5, 0.6) is 0 Å². The second kappa shape index (κ2) is 14.0. The van der Waals surface area contributed by atoms with Gasteiger partial charge in [0.05, 0.1) is 10.6 Å². The van der Waals surface area contributed by atoms with Gasteiger partial charge in [-0.05, 0) is 67.1 Å². The average molecular weight is 529 g/mol. The van der Waals surface area contributed by atoms with Crippen LogP contribution in [0.25, 0.3) is 0 Å². The lowest BCUT2D eigenvalue weighted by molar-refractivity contribution is -0.118. The Balaban J connectivity index is 1.57. The fourth-order valence-corrected chi connectivity index (χ4v) is 6.26. The minimum absolute atomic E-state index is 0.0533. The molecule has 0 heterocycles. The molecule has 202 valence electrons. The molecule has 2 amide bonds. The van der Waals surface area contributed by atoms with Crippen molar-refractivity contribution < 1.29 is 18.0 Å². The van der Waals surface area contributed by atoms with Crippen LogP contribution in [0, 0.1) is 5.41 Å². The van der Waals surface area contributed by atoms with Crippen LogP contribution in [-0.4, -0.2) is 20.7 Å². The van der Waals surface area contributed by atoms with Gasteiger partial charge in [-0.1, -0.05) is 64.4 Å². The zero-order chi connectivity index (χ0) is 26.6. The molecule has 0 spiro atoms. The molecule has 3 rings (SSSR count). The van der Waals surface area contributed by atoms with Gasteiger partial charge in [-0.25, -0.2) is 8.42 Å². The summed E-state index contributed by atoms with van der Waals surface area (Å²) in [6, 6.07) is 12.8. The minimum atomic E-state index is -3.85. The highest BCUT2D eigenvalue weighted by molar-refractivity contribution is 7.92. The Hall–Kier alpha value is -3.07. The number of unbranched alkanes of at least 4 members (excludes halogenated alkanes) is 5. The van der Waals surface area contributed by atoms with Crippen molar-refractivity contribution >= 4 is 39.4 Å². The van der Waals surface area contributed by atoms with Gasteiger partial charge in [0, 0.05) is 17.8 Å². The van der Waals surface area contributed by atoms with E-state index in [-0.39, 0.29) is 16.2 Å². The minimum Gasteiger partial charge on any atom is -0.326 e. The van der Waals surface area contributed by atoms with Crippen LogP contribution in [0.4, 0.5) is 17.1 Å². The van der Waals surface area contributed by atoms with Crippen LogP contribution in [0.3, 0.4) is 0 Å². The van der Waals surface area contributed by atoms with Gasteiger partial charge in [-0.15, -0.1) is 0 Å². The van der Waals surface area contributed by atoms with E-state index in [9.17, 15) is 18.0 Å². The van der Waals surface area contributed by atoms with Crippen molar-refractivity contribution in [2.24, 2.45) is 5.41 Å². The molecule has 0 radical (unpaired) electrons. The van der Waals surface area contributed by atoms with Gasteiger partial charge < -0.3 is 5.32 Å². The van der Waals surface area contributed by atoms with Crippen molar-refractivity contribution in [3.63, 3.8) is 0 Å². The topological polar surface area (TPSA) is 116 Å². The maximum Gasteiger partial charge on any atom is 0.261 e. The monoisotopic (exact) mass is 528 g/mol. The third kappa shape index (κ3) is 9.07. The van der Waals surface area contributed by atoms with Gasteiger partial charge in [0.15, 0.2) is 0 Å². The fraction of sp³-hybridized carbons (Fsp3) is 0.500. The Morgan fingerprint density at radius 1 is 0.919 bits per heavy atom. The van der Waals surface area contributed by atoms with Crippen LogP contribution in [-0.2, 0) is 19.6 Å². The zero-order valence-corrected chi connectivity index (χ0v) is 22.5. The van der Waals surface area contributed by atoms with Gasteiger partial charge in [0.2, 0.25) is 12.3 Å². The lowest BCUT2D eigenvalue weighted by atomic mass is 9.77. The molecule has 0 bridgehead atoms. The quantitative estimate of drug-likeness (QED) is 0.118. The number of hydrogen-bond donors (Lipinski definition) is 4. The second-order valence-electron chi connectivity index (χ2n) is 10.0. The second-order valence-corrected chi connectivity index (χ2v) is 11.7. The van der Waals surface area contributed by atoms with E-state index >= 15 is 0 Å². The normalized spacial score (nSPS) is 14.6. The van der Waals surface area contributed by atoms with Crippen molar-refractivity contribution in [1.29, 1.82) is 0 Å². The number of carbonyl (C=O) groups is 2. The highest BCUT2D eigenvalue weighted by atomic mass is 32.2. The first kappa shape index (κ1) is 28.5. The molecule has 37 heavy (non-hydrogen) atoms. The van der Waals surface area contributed by atoms with Gasteiger partial charge >= 0.3 is 0 Å². The van der Waals surface area contributed by atoms with Crippen molar-refractivity contribution in [1.82, 2.24) is 5.43 Å². The van der Waals surface area contributed by atoms with Crippen LogP contribution in [0.1, 0.15) is 84.0 Å². The van der Waals surface area contributed by atoms with Gasteiger partial charge in [-0.2, -0.15) is 0 Å². The van der Waals surface area contributed by atoms with Crippen LogP contribution >= 0.6 is 0 Å². The van der Waals surface area contributed by atoms with Gasteiger partial charge in [0.1, 0.15) is 0 Å². The molecule has 0 aromatic heterocycles.